The Balaban J connectivity index is 1.74. The van der Waals surface area contributed by atoms with Gasteiger partial charge in [-0.2, -0.15) is 0 Å². The van der Waals surface area contributed by atoms with Gasteiger partial charge < -0.3 is 18.7 Å². The summed E-state index contributed by atoms with van der Waals surface area (Å²) in [5.41, 5.74) is 1.15. The number of carbonyl (C=O) groups excluding carboxylic acids is 1. The molecule has 1 aliphatic rings. The second-order valence-electron chi connectivity index (χ2n) is 6.60. The Hall–Kier alpha value is -2.15. The molecule has 136 valence electrons. The van der Waals surface area contributed by atoms with Gasteiger partial charge in [0.05, 0.1) is 12.2 Å². The second kappa shape index (κ2) is 7.82. The van der Waals surface area contributed by atoms with Crippen LogP contribution in [0.2, 0.25) is 0 Å². The molecular weight excluding hydrogens is 320 g/mol. The first kappa shape index (κ1) is 17.7. The molecule has 7 heteroatoms. The molecule has 0 radical (unpaired) electrons. The quantitative estimate of drug-likeness (QED) is 0.804. The molecule has 1 saturated heterocycles. The van der Waals surface area contributed by atoms with E-state index in [0.29, 0.717) is 18.1 Å². The summed E-state index contributed by atoms with van der Waals surface area (Å²) < 4.78 is 12.6. The molecule has 0 N–H and O–H groups in total. The summed E-state index contributed by atoms with van der Waals surface area (Å²) in [6, 6.07) is 0.218. The first-order valence-electron chi connectivity index (χ1n) is 8.84. The topological polar surface area (TPSA) is 73.4 Å². The number of aromatic nitrogens is 3. The summed E-state index contributed by atoms with van der Waals surface area (Å²) in [5, 5.41) is 4.01. The molecule has 0 aliphatic carbocycles. The SMILES string of the molecule is COCc1c(C(=O)N2CCCC[C@@H]2CCn2ccnc2C)noc1C. The molecule has 3 rings (SSSR count). The normalized spacial score (nSPS) is 17.9. The molecule has 2 aromatic heterocycles. The lowest BCUT2D eigenvalue weighted by molar-refractivity contribution is 0.0581. The molecular formula is C18H26N4O3. The summed E-state index contributed by atoms with van der Waals surface area (Å²) in [7, 11) is 1.61. The van der Waals surface area contributed by atoms with Crippen molar-refractivity contribution in [2.24, 2.45) is 0 Å². The Bertz CT molecular complexity index is 722. The molecule has 1 amide bonds. The maximum Gasteiger partial charge on any atom is 0.276 e. The average Bonchev–Trinajstić information content (AvgIpc) is 3.19. The number of ether oxygens (including phenoxy) is 1. The Morgan fingerprint density at radius 1 is 1.40 bits per heavy atom. The van der Waals surface area contributed by atoms with Crippen molar-refractivity contribution in [2.45, 2.75) is 58.7 Å². The molecule has 3 heterocycles. The smallest absolute Gasteiger partial charge is 0.276 e. The van der Waals surface area contributed by atoms with E-state index in [-0.39, 0.29) is 11.9 Å². The van der Waals surface area contributed by atoms with Gasteiger partial charge in [-0.25, -0.2) is 4.98 Å². The van der Waals surface area contributed by atoms with Gasteiger partial charge in [0.2, 0.25) is 0 Å². The highest BCUT2D eigenvalue weighted by atomic mass is 16.5. The molecule has 0 saturated carbocycles. The number of carbonyl (C=O) groups is 1. The summed E-state index contributed by atoms with van der Waals surface area (Å²) in [6.45, 7) is 5.78. The van der Waals surface area contributed by atoms with E-state index in [0.717, 1.165) is 50.2 Å². The summed E-state index contributed by atoms with van der Waals surface area (Å²) in [4.78, 5) is 19.3. The minimum atomic E-state index is -0.0454. The zero-order valence-corrected chi connectivity index (χ0v) is 15.2. The summed E-state index contributed by atoms with van der Waals surface area (Å²) in [6.07, 6.45) is 7.93. The maximum absolute atomic E-state index is 13.1. The van der Waals surface area contributed by atoms with E-state index in [1.165, 1.54) is 0 Å². The third-order valence-electron chi connectivity index (χ3n) is 4.99. The van der Waals surface area contributed by atoms with Gasteiger partial charge in [-0.05, 0) is 39.5 Å². The van der Waals surface area contributed by atoms with E-state index in [1.807, 2.05) is 31.1 Å². The van der Waals surface area contributed by atoms with Crippen molar-refractivity contribution in [3.63, 3.8) is 0 Å². The van der Waals surface area contributed by atoms with Crippen molar-refractivity contribution in [1.29, 1.82) is 0 Å². The number of hydrogen-bond donors (Lipinski definition) is 0. The van der Waals surface area contributed by atoms with Gasteiger partial charge in [-0.15, -0.1) is 0 Å². The molecule has 0 unspecified atom stereocenters. The molecule has 1 fully saturated rings. The molecule has 0 bridgehead atoms. The second-order valence-corrected chi connectivity index (χ2v) is 6.60. The number of piperidine rings is 1. The highest BCUT2D eigenvalue weighted by molar-refractivity contribution is 5.94. The van der Waals surface area contributed by atoms with Crippen LogP contribution in [0.1, 0.15) is 53.3 Å². The van der Waals surface area contributed by atoms with Gasteiger partial charge in [0, 0.05) is 38.6 Å². The number of aryl methyl sites for hydroxylation is 3. The lowest BCUT2D eigenvalue weighted by Gasteiger charge is -2.35. The van der Waals surface area contributed by atoms with Crippen LogP contribution >= 0.6 is 0 Å². The van der Waals surface area contributed by atoms with Crippen LogP contribution in [-0.4, -0.2) is 45.2 Å². The number of nitrogens with zero attached hydrogens (tertiary/aromatic N) is 4. The lowest BCUT2D eigenvalue weighted by atomic mass is 9.98. The van der Waals surface area contributed by atoms with Gasteiger partial charge in [0.25, 0.3) is 5.91 Å². The van der Waals surface area contributed by atoms with Crippen molar-refractivity contribution in [1.82, 2.24) is 19.6 Å². The number of rotatable bonds is 6. The van der Waals surface area contributed by atoms with Gasteiger partial charge >= 0.3 is 0 Å². The lowest BCUT2D eigenvalue weighted by Crippen LogP contribution is -2.44. The molecule has 1 aliphatic heterocycles. The van der Waals surface area contributed by atoms with Crippen molar-refractivity contribution in [3.8, 4) is 0 Å². The van der Waals surface area contributed by atoms with Crippen LogP contribution in [-0.2, 0) is 17.9 Å². The Labute approximate surface area is 148 Å². The highest BCUT2D eigenvalue weighted by Crippen LogP contribution is 2.25. The first-order chi connectivity index (χ1) is 12.1. The molecule has 0 spiro atoms. The molecule has 2 aromatic rings. The van der Waals surface area contributed by atoms with Crippen LogP contribution in [0.15, 0.2) is 16.9 Å². The monoisotopic (exact) mass is 346 g/mol. The van der Waals surface area contributed by atoms with E-state index >= 15 is 0 Å². The average molecular weight is 346 g/mol. The predicted octanol–water partition coefficient (Wildman–Crippen LogP) is 2.72. The van der Waals surface area contributed by atoms with Crippen LogP contribution in [0.25, 0.3) is 0 Å². The summed E-state index contributed by atoms with van der Waals surface area (Å²) in [5.74, 6) is 1.60. The van der Waals surface area contributed by atoms with E-state index in [9.17, 15) is 4.79 Å². The van der Waals surface area contributed by atoms with Crippen LogP contribution < -0.4 is 0 Å². The van der Waals surface area contributed by atoms with E-state index < -0.39 is 0 Å². The van der Waals surface area contributed by atoms with Gasteiger partial charge in [-0.1, -0.05) is 5.16 Å². The maximum atomic E-state index is 13.1. The highest BCUT2D eigenvalue weighted by Gasteiger charge is 2.31. The Kier molecular flexibility index (Phi) is 5.53. The molecule has 25 heavy (non-hydrogen) atoms. The molecule has 7 nitrogen and oxygen atoms in total. The Morgan fingerprint density at radius 2 is 2.24 bits per heavy atom. The van der Waals surface area contributed by atoms with Crippen LogP contribution in [0.3, 0.4) is 0 Å². The van der Waals surface area contributed by atoms with E-state index in [4.69, 9.17) is 9.26 Å². The fourth-order valence-electron chi connectivity index (χ4n) is 3.51. The fourth-order valence-corrected chi connectivity index (χ4v) is 3.51. The first-order valence-corrected chi connectivity index (χ1v) is 8.84. The van der Waals surface area contributed by atoms with Crippen LogP contribution in [0.5, 0.6) is 0 Å². The van der Waals surface area contributed by atoms with Gasteiger partial charge in [-0.3, -0.25) is 4.79 Å². The molecule has 1 atom stereocenters. The standard InChI is InChI=1S/C18H26N4O3/c1-13-16(12-24-3)17(20-25-13)18(23)22-9-5-4-6-15(22)7-10-21-11-8-19-14(21)2/h8,11,15H,4-7,9-10,12H2,1-3H3/t15-/m1/s1. The van der Waals surface area contributed by atoms with Crippen molar-refractivity contribution >= 4 is 5.91 Å². The minimum Gasteiger partial charge on any atom is -0.380 e. The number of imidazole rings is 1. The number of amides is 1. The Morgan fingerprint density at radius 3 is 2.96 bits per heavy atom. The van der Waals surface area contributed by atoms with Gasteiger partial charge in [0.15, 0.2) is 5.69 Å². The molecule has 0 aromatic carbocycles. The third-order valence-corrected chi connectivity index (χ3v) is 4.99. The fraction of sp³-hybridized carbons (Fsp3) is 0.611. The minimum absolute atomic E-state index is 0.0454. The zero-order valence-electron chi connectivity index (χ0n) is 15.2. The largest absolute Gasteiger partial charge is 0.380 e. The number of methoxy groups -OCH3 is 1. The number of likely N-dealkylation sites (tertiary alicyclic amines) is 1. The third kappa shape index (κ3) is 3.76. The van der Waals surface area contributed by atoms with E-state index in [2.05, 4.69) is 14.7 Å². The zero-order chi connectivity index (χ0) is 17.8. The van der Waals surface area contributed by atoms with Crippen molar-refractivity contribution in [3.05, 3.63) is 35.2 Å². The van der Waals surface area contributed by atoms with Crippen molar-refractivity contribution < 1.29 is 14.1 Å². The number of hydrogen-bond acceptors (Lipinski definition) is 5. The summed E-state index contributed by atoms with van der Waals surface area (Å²) >= 11 is 0. The van der Waals surface area contributed by atoms with Gasteiger partial charge in [0.1, 0.15) is 11.6 Å². The predicted molar refractivity (Wildman–Crippen MR) is 92.2 cm³/mol. The van der Waals surface area contributed by atoms with Crippen LogP contribution in [0, 0.1) is 13.8 Å². The van der Waals surface area contributed by atoms with E-state index in [1.54, 1.807) is 7.11 Å². The van der Waals surface area contributed by atoms with Crippen LogP contribution in [0.4, 0.5) is 0 Å². The van der Waals surface area contributed by atoms with Crippen molar-refractivity contribution in [2.75, 3.05) is 13.7 Å².